The lowest BCUT2D eigenvalue weighted by atomic mass is 10.0. The topological polar surface area (TPSA) is 105 Å². The van der Waals surface area contributed by atoms with Gasteiger partial charge in [-0.1, -0.05) is 71.8 Å². The van der Waals surface area contributed by atoms with Crippen LogP contribution in [0.2, 0.25) is 5.02 Å². The minimum absolute atomic E-state index is 0.00201. The molecule has 0 aliphatic rings. The van der Waals surface area contributed by atoms with Crippen LogP contribution in [0.15, 0.2) is 102 Å². The van der Waals surface area contributed by atoms with E-state index in [1.165, 1.54) is 44.4 Å². The molecule has 0 saturated heterocycles. The van der Waals surface area contributed by atoms with Crippen molar-refractivity contribution in [3.8, 4) is 11.5 Å². The van der Waals surface area contributed by atoms with E-state index in [1.54, 1.807) is 48.5 Å². The maximum Gasteiger partial charge on any atom is 0.264 e. The second kappa shape index (κ2) is 15.0. The van der Waals surface area contributed by atoms with Gasteiger partial charge in [0.1, 0.15) is 24.1 Å². The molecule has 2 amide bonds. The number of nitrogens with one attached hydrogen (secondary N) is 1. The number of ether oxygens (including phenoxy) is 2. The number of benzene rings is 4. The van der Waals surface area contributed by atoms with Gasteiger partial charge in [-0.05, 0) is 54.4 Å². The van der Waals surface area contributed by atoms with Crippen molar-refractivity contribution < 1.29 is 27.5 Å². The Morgan fingerprint density at radius 3 is 2.18 bits per heavy atom. The zero-order valence-electron chi connectivity index (χ0n) is 25.6. The number of sulfonamides is 1. The molecule has 0 fully saturated rings. The van der Waals surface area contributed by atoms with Crippen LogP contribution < -0.4 is 19.1 Å². The summed E-state index contributed by atoms with van der Waals surface area (Å²) in [6, 6.07) is 26.3. The minimum atomic E-state index is -4.32. The number of likely N-dealkylation sites (N-methyl/N-ethyl adjacent to an activating group) is 1. The molecule has 11 heteroatoms. The second-order valence-electron chi connectivity index (χ2n) is 10.3. The molecule has 4 aromatic rings. The van der Waals surface area contributed by atoms with Gasteiger partial charge in [-0.15, -0.1) is 0 Å². The lowest BCUT2D eigenvalue weighted by Gasteiger charge is -2.34. The highest BCUT2D eigenvalue weighted by molar-refractivity contribution is 7.92. The average Bonchev–Trinajstić information content (AvgIpc) is 3.05. The van der Waals surface area contributed by atoms with Crippen LogP contribution in [0.4, 0.5) is 5.69 Å². The molecule has 0 saturated carbocycles. The Morgan fingerprint density at radius 1 is 0.867 bits per heavy atom. The third-order valence-corrected chi connectivity index (χ3v) is 9.31. The summed E-state index contributed by atoms with van der Waals surface area (Å²) < 4.78 is 40.5. The highest BCUT2D eigenvalue weighted by Crippen LogP contribution is 2.36. The summed E-state index contributed by atoms with van der Waals surface area (Å²) in [7, 11) is 0.0508. The molecule has 4 rings (SSSR count). The Morgan fingerprint density at radius 2 is 1.56 bits per heavy atom. The molecule has 0 aromatic heterocycles. The molecular weight excluding hydrogens is 614 g/mol. The maximum atomic E-state index is 14.5. The second-order valence-corrected chi connectivity index (χ2v) is 12.6. The molecule has 0 radical (unpaired) electrons. The van der Waals surface area contributed by atoms with Crippen molar-refractivity contribution in [3.63, 3.8) is 0 Å². The highest BCUT2D eigenvalue weighted by atomic mass is 35.5. The Hall–Kier alpha value is -4.54. The minimum Gasteiger partial charge on any atom is -0.497 e. The van der Waals surface area contributed by atoms with Gasteiger partial charge in [0.25, 0.3) is 10.0 Å². The number of hydrogen-bond acceptors (Lipinski definition) is 6. The van der Waals surface area contributed by atoms with Gasteiger partial charge < -0.3 is 19.7 Å². The number of carbonyl (C=O) groups is 2. The third-order valence-electron chi connectivity index (χ3n) is 7.30. The molecule has 45 heavy (non-hydrogen) atoms. The Balaban J connectivity index is 1.85. The van der Waals surface area contributed by atoms with Crippen molar-refractivity contribution in [1.82, 2.24) is 10.2 Å². The summed E-state index contributed by atoms with van der Waals surface area (Å²) in [5.74, 6) is -0.431. The van der Waals surface area contributed by atoms with Gasteiger partial charge in [-0.25, -0.2) is 8.42 Å². The fourth-order valence-electron chi connectivity index (χ4n) is 4.90. The van der Waals surface area contributed by atoms with Crippen LogP contribution in [-0.2, 0) is 32.6 Å². The van der Waals surface area contributed by atoms with E-state index in [0.29, 0.717) is 16.3 Å². The Kier molecular flexibility index (Phi) is 11.1. The number of anilines is 1. The van der Waals surface area contributed by atoms with Crippen LogP contribution in [0.5, 0.6) is 11.5 Å². The van der Waals surface area contributed by atoms with Gasteiger partial charge >= 0.3 is 0 Å². The quantitative estimate of drug-likeness (QED) is 0.212. The van der Waals surface area contributed by atoms with Crippen molar-refractivity contribution >= 4 is 39.1 Å². The van der Waals surface area contributed by atoms with Gasteiger partial charge in [-0.3, -0.25) is 13.9 Å². The Labute approximate surface area is 269 Å². The Bertz CT molecular complexity index is 1730. The van der Waals surface area contributed by atoms with Gasteiger partial charge in [-0.2, -0.15) is 0 Å². The van der Waals surface area contributed by atoms with Gasteiger partial charge in [0.15, 0.2) is 0 Å². The first-order valence-corrected chi connectivity index (χ1v) is 16.0. The molecule has 0 spiro atoms. The number of carbonyl (C=O) groups excluding carboxylic acids is 2. The summed E-state index contributed by atoms with van der Waals surface area (Å²) in [6.07, 6.45) is 0.194. The van der Waals surface area contributed by atoms with Crippen LogP contribution in [-0.4, -0.2) is 59.0 Å². The smallest absolute Gasteiger partial charge is 0.264 e. The number of aryl methyl sites for hydroxylation is 1. The molecule has 1 N–H and O–H groups in total. The van der Waals surface area contributed by atoms with E-state index in [9.17, 15) is 18.0 Å². The molecule has 1 unspecified atom stereocenters. The van der Waals surface area contributed by atoms with Crippen molar-refractivity contribution in [2.75, 3.05) is 32.1 Å². The van der Waals surface area contributed by atoms with Gasteiger partial charge in [0, 0.05) is 31.1 Å². The van der Waals surface area contributed by atoms with Crippen LogP contribution in [0.25, 0.3) is 0 Å². The monoisotopic (exact) mass is 649 g/mol. The zero-order valence-corrected chi connectivity index (χ0v) is 27.1. The zero-order chi connectivity index (χ0) is 32.6. The predicted octanol–water partition coefficient (Wildman–Crippen LogP) is 5.25. The van der Waals surface area contributed by atoms with E-state index in [4.69, 9.17) is 21.1 Å². The molecule has 9 nitrogen and oxygen atoms in total. The summed E-state index contributed by atoms with van der Waals surface area (Å²) in [5, 5.41) is 3.13. The predicted molar refractivity (Wildman–Crippen MR) is 175 cm³/mol. The first-order chi connectivity index (χ1) is 21.6. The normalized spacial score (nSPS) is 11.8. The van der Waals surface area contributed by atoms with Crippen LogP contribution in [0.3, 0.4) is 0 Å². The first kappa shape index (κ1) is 33.4. The lowest BCUT2D eigenvalue weighted by Crippen LogP contribution is -2.53. The summed E-state index contributed by atoms with van der Waals surface area (Å²) in [5.41, 5.74) is 2.48. The van der Waals surface area contributed by atoms with Crippen molar-refractivity contribution in [3.05, 3.63) is 119 Å². The van der Waals surface area contributed by atoms with Crippen LogP contribution in [0.1, 0.15) is 16.7 Å². The lowest BCUT2D eigenvalue weighted by molar-refractivity contribution is -0.139. The van der Waals surface area contributed by atoms with E-state index >= 15 is 0 Å². The molecule has 0 bridgehead atoms. The van der Waals surface area contributed by atoms with E-state index in [1.807, 2.05) is 37.3 Å². The molecule has 1 atom stereocenters. The molecule has 0 aliphatic heterocycles. The van der Waals surface area contributed by atoms with Gasteiger partial charge in [0.2, 0.25) is 11.8 Å². The van der Waals surface area contributed by atoms with E-state index < -0.39 is 34.4 Å². The van der Waals surface area contributed by atoms with Crippen LogP contribution >= 0.6 is 11.6 Å². The fraction of sp³-hybridized carbons (Fsp3) is 0.235. The summed E-state index contributed by atoms with van der Waals surface area (Å²) in [6.45, 7) is 1.21. The summed E-state index contributed by atoms with van der Waals surface area (Å²) >= 11 is 6.28. The number of hydrogen-bond donors (Lipinski definition) is 1. The van der Waals surface area contributed by atoms with E-state index in [0.717, 1.165) is 15.4 Å². The largest absolute Gasteiger partial charge is 0.497 e. The average molecular weight is 650 g/mol. The maximum absolute atomic E-state index is 14.5. The van der Waals surface area contributed by atoms with Crippen molar-refractivity contribution in [2.24, 2.45) is 0 Å². The molecule has 0 heterocycles. The number of nitrogens with zero attached hydrogens (tertiary/aromatic N) is 2. The van der Waals surface area contributed by atoms with Crippen molar-refractivity contribution in [1.29, 1.82) is 0 Å². The van der Waals surface area contributed by atoms with E-state index in [2.05, 4.69) is 5.32 Å². The third kappa shape index (κ3) is 8.14. The number of halogens is 1. The molecule has 0 aliphatic carbocycles. The molecule has 236 valence electrons. The number of rotatable bonds is 13. The standard InChI is InChI=1S/C34H36ClN3O6S/c1-24-13-16-29(17-14-24)45(41,42)38(30-21-28(43-3)15-18-32(30)44-4)23-33(39)37(22-26-11-8-12-27(35)19-26)31(34(40)36-2)20-25-9-6-5-7-10-25/h5-19,21,31H,20,22-23H2,1-4H3,(H,36,40). The van der Waals surface area contributed by atoms with E-state index in [-0.39, 0.29) is 29.3 Å². The molecule has 4 aromatic carbocycles. The fourth-order valence-corrected chi connectivity index (χ4v) is 6.52. The van der Waals surface area contributed by atoms with Crippen molar-refractivity contribution in [2.45, 2.75) is 30.8 Å². The van der Waals surface area contributed by atoms with Gasteiger partial charge in [0.05, 0.1) is 24.8 Å². The van der Waals surface area contributed by atoms with Crippen LogP contribution in [0, 0.1) is 6.92 Å². The SMILES string of the molecule is CNC(=O)C(Cc1ccccc1)N(Cc1cccc(Cl)c1)C(=O)CN(c1cc(OC)ccc1OC)S(=O)(=O)c1ccc(C)cc1. The number of methoxy groups -OCH3 is 2. The highest BCUT2D eigenvalue weighted by Gasteiger charge is 2.35. The molecular formula is C34H36ClN3O6S. The first-order valence-electron chi connectivity index (χ1n) is 14.2. The number of amides is 2. The summed E-state index contributed by atoms with van der Waals surface area (Å²) in [4.78, 5) is 29.3.